The molecule has 0 saturated carbocycles. The van der Waals surface area contributed by atoms with Crippen molar-refractivity contribution < 1.29 is 34.1 Å². The Morgan fingerprint density at radius 1 is 1.21 bits per heavy atom. The van der Waals surface area contributed by atoms with Gasteiger partial charge in [-0.05, 0) is 54.8 Å². The first-order valence-electron chi connectivity index (χ1n) is 10.5. The average Bonchev–Trinajstić information content (AvgIpc) is 2.87. The Labute approximate surface area is 197 Å². The monoisotopic (exact) mass is 469 g/mol. The number of rotatable bonds is 12. The third kappa shape index (κ3) is 8.55. The number of ether oxygens (including phenoxy) is 3. The number of hydrogen-bond acceptors (Lipinski definition) is 8. The SMILES string of the molecule is CO[C@@H](CC/C=C/C(=O)NO)[C@@H](OC(=O)Nc1ccc(C#N)cc1)c1cccc(OCCO)c1. The Bertz CT molecular complexity index is 1000. The van der Waals surface area contributed by atoms with E-state index in [9.17, 15) is 9.59 Å². The molecule has 0 aliphatic carbocycles. The summed E-state index contributed by atoms with van der Waals surface area (Å²) in [7, 11) is 1.48. The molecule has 0 radical (unpaired) electrons. The van der Waals surface area contributed by atoms with E-state index < -0.39 is 24.2 Å². The zero-order valence-electron chi connectivity index (χ0n) is 18.6. The van der Waals surface area contributed by atoms with Gasteiger partial charge in [-0.15, -0.1) is 0 Å². The first kappa shape index (κ1) is 26.3. The topological polar surface area (TPSA) is 150 Å². The van der Waals surface area contributed by atoms with Crippen molar-refractivity contribution in [3.63, 3.8) is 0 Å². The Hall–Kier alpha value is -3.91. The predicted octanol–water partition coefficient (Wildman–Crippen LogP) is 3.08. The van der Waals surface area contributed by atoms with Gasteiger partial charge in [0.15, 0.2) is 6.10 Å². The van der Waals surface area contributed by atoms with E-state index in [1.165, 1.54) is 18.7 Å². The number of carbonyl (C=O) groups excluding carboxylic acids is 2. The number of nitriles is 1. The molecule has 0 fully saturated rings. The van der Waals surface area contributed by atoms with E-state index in [-0.39, 0.29) is 13.2 Å². The van der Waals surface area contributed by atoms with Crippen molar-refractivity contribution in [2.24, 2.45) is 0 Å². The molecule has 0 heterocycles. The van der Waals surface area contributed by atoms with Gasteiger partial charge in [-0.3, -0.25) is 15.3 Å². The van der Waals surface area contributed by atoms with Crippen LogP contribution in [0.3, 0.4) is 0 Å². The van der Waals surface area contributed by atoms with Gasteiger partial charge in [0.1, 0.15) is 12.4 Å². The molecule has 34 heavy (non-hydrogen) atoms. The van der Waals surface area contributed by atoms with Gasteiger partial charge < -0.3 is 19.3 Å². The van der Waals surface area contributed by atoms with Gasteiger partial charge in [-0.25, -0.2) is 10.3 Å². The Morgan fingerprint density at radius 3 is 2.62 bits per heavy atom. The van der Waals surface area contributed by atoms with Crippen LogP contribution in [0.2, 0.25) is 0 Å². The quantitative estimate of drug-likeness (QED) is 0.210. The number of anilines is 1. The fraction of sp³-hybridized carbons (Fsp3) is 0.292. The van der Waals surface area contributed by atoms with Crippen LogP contribution in [0.5, 0.6) is 5.75 Å². The molecule has 0 saturated heterocycles. The van der Waals surface area contributed by atoms with Crippen molar-refractivity contribution in [2.45, 2.75) is 25.0 Å². The van der Waals surface area contributed by atoms with Crippen LogP contribution < -0.4 is 15.5 Å². The number of aliphatic hydroxyl groups is 1. The smallest absolute Gasteiger partial charge is 0.412 e. The lowest BCUT2D eigenvalue weighted by atomic mass is 10.00. The zero-order chi connectivity index (χ0) is 24.8. The summed E-state index contributed by atoms with van der Waals surface area (Å²) in [5, 5.41) is 29.1. The molecule has 0 bridgehead atoms. The number of hydroxylamine groups is 1. The van der Waals surface area contributed by atoms with Crippen LogP contribution in [-0.2, 0) is 14.3 Å². The van der Waals surface area contributed by atoms with Gasteiger partial charge in [0.05, 0.1) is 24.3 Å². The summed E-state index contributed by atoms with van der Waals surface area (Å²) in [4.78, 5) is 23.8. The molecule has 0 aliphatic heterocycles. The van der Waals surface area contributed by atoms with Crippen molar-refractivity contribution in [3.8, 4) is 11.8 Å². The number of nitrogens with one attached hydrogen (secondary N) is 2. The zero-order valence-corrected chi connectivity index (χ0v) is 18.6. The lowest BCUT2D eigenvalue weighted by Gasteiger charge is -2.26. The van der Waals surface area contributed by atoms with Gasteiger partial charge in [-0.1, -0.05) is 18.2 Å². The fourth-order valence-corrected chi connectivity index (χ4v) is 3.08. The van der Waals surface area contributed by atoms with E-state index in [0.29, 0.717) is 35.4 Å². The molecule has 10 heteroatoms. The van der Waals surface area contributed by atoms with Crippen molar-refractivity contribution in [1.29, 1.82) is 5.26 Å². The first-order valence-corrected chi connectivity index (χ1v) is 10.5. The number of methoxy groups -OCH3 is 1. The average molecular weight is 469 g/mol. The Balaban J connectivity index is 2.20. The number of hydrogen-bond donors (Lipinski definition) is 4. The van der Waals surface area contributed by atoms with Crippen molar-refractivity contribution in [1.82, 2.24) is 5.48 Å². The lowest BCUT2D eigenvalue weighted by molar-refractivity contribution is -0.124. The molecule has 2 aromatic rings. The minimum atomic E-state index is -0.832. The summed E-state index contributed by atoms with van der Waals surface area (Å²) >= 11 is 0. The van der Waals surface area contributed by atoms with E-state index in [1.54, 1.807) is 54.6 Å². The molecular weight excluding hydrogens is 442 g/mol. The van der Waals surface area contributed by atoms with Gasteiger partial charge in [0.2, 0.25) is 0 Å². The maximum atomic E-state index is 12.7. The molecule has 180 valence electrons. The van der Waals surface area contributed by atoms with Crippen LogP contribution in [0.15, 0.2) is 60.7 Å². The molecular formula is C24H27N3O7. The summed E-state index contributed by atoms with van der Waals surface area (Å²) in [5.74, 6) is -0.167. The molecule has 2 amide bonds. The van der Waals surface area contributed by atoms with E-state index >= 15 is 0 Å². The second-order valence-corrected chi connectivity index (χ2v) is 7.01. The Morgan fingerprint density at radius 2 is 1.97 bits per heavy atom. The van der Waals surface area contributed by atoms with Crippen LogP contribution in [0.4, 0.5) is 10.5 Å². The highest BCUT2D eigenvalue weighted by Gasteiger charge is 2.27. The van der Waals surface area contributed by atoms with Crippen molar-refractivity contribution in [3.05, 3.63) is 71.8 Å². The third-order valence-corrected chi connectivity index (χ3v) is 4.68. The van der Waals surface area contributed by atoms with E-state index in [1.807, 2.05) is 6.07 Å². The minimum Gasteiger partial charge on any atom is -0.491 e. The highest BCUT2D eigenvalue weighted by Crippen LogP contribution is 2.29. The highest BCUT2D eigenvalue weighted by molar-refractivity contribution is 5.86. The molecule has 0 unspecified atom stereocenters. The summed E-state index contributed by atoms with van der Waals surface area (Å²) in [6, 6.07) is 15.2. The van der Waals surface area contributed by atoms with Crippen LogP contribution in [0.1, 0.15) is 30.1 Å². The number of amides is 2. The van der Waals surface area contributed by atoms with Crippen LogP contribution in [0, 0.1) is 11.3 Å². The number of aliphatic hydroxyl groups excluding tert-OH is 1. The fourth-order valence-electron chi connectivity index (χ4n) is 3.08. The predicted molar refractivity (Wildman–Crippen MR) is 122 cm³/mol. The maximum Gasteiger partial charge on any atom is 0.412 e. The standard InChI is InChI=1S/C24H27N3O7/c1-32-21(7-2-3-8-22(29)27-31)23(18-5-4-6-20(15-18)33-14-13-28)34-24(30)26-19-11-9-17(16-25)10-12-19/h3-6,8-12,15,21,23,28,31H,2,7,13-14H2,1H3,(H,26,30)(H,27,29)/b8-3+/t21-,23-/m0/s1. The van der Waals surface area contributed by atoms with Crippen LogP contribution in [0.25, 0.3) is 0 Å². The summed E-state index contributed by atoms with van der Waals surface area (Å²) in [6.07, 6.45) is 1.40. The van der Waals surface area contributed by atoms with Gasteiger partial charge >= 0.3 is 6.09 Å². The minimum absolute atomic E-state index is 0.111. The van der Waals surface area contributed by atoms with Gasteiger partial charge in [0, 0.05) is 18.9 Å². The largest absolute Gasteiger partial charge is 0.491 e. The van der Waals surface area contributed by atoms with Crippen molar-refractivity contribution in [2.75, 3.05) is 25.6 Å². The highest BCUT2D eigenvalue weighted by atomic mass is 16.6. The molecule has 0 aromatic heterocycles. The number of nitrogens with zero attached hydrogens (tertiary/aromatic N) is 1. The number of allylic oxidation sites excluding steroid dienone is 1. The lowest BCUT2D eigenvalue weighted by Crippen LogP contribution is -2.28. The molecule has 2 rings (SSSR count). The summed E-state index contributed by atoms with van der Waals surface area (Å²) < 4.78 is 16.8. The second-order valence-electron chi connectivity index (χ2n) is 7.01. The molecule has 0 spiro atoms. The van der Waals surface area contributed by atoms with E-state index in [0.717, 1.165) is 0 Å². The van der Waals surface area contributed by atoms with Crippen molar-refractivity contribution >= 4 is 17.7 Å². The van der Waals surface area contributed by atoms with Gasteiger partial charge in [-0.2, -0.15) is 5.26 Å². The molecule has 2 atom stereocenters. The van der Waals surface area contributed by atoms with E-state index in [2.05, 4.69) is 5.32 Å². The normalized spacial score (nSPS) is 12.4. The summed E-state index contributed by atoms with van der Waals surface area (Å²) in [6.45, 7) is -0.0365. The third-order valence-electron chi connectivity index (χ3n) is 4.68. The second kappa shape index (κ2) is 14.3. The van der Waals surface area contributed by atoms with Crippen LogP contribution in [-0.4, -0.2) is 48.7 Å². The van der Waals surface area contributed by atoms with E-state index in [4.69, 9.17) is 29.8 Å². The molecule has 4 N–H and O–H groups in total. The maximum absolute atomic E-state index is 12.7. The molecule has 0 aliphatic rings. The molecule has 10 nitrogen and oxygen atoms in total. The van der Waals surface area contributed by atoms with Gasteiger partial charge in [0.25, 0.3) is 5.91 Å². The number of benzene rings is 2. The molecule has 2 aromatic carbocycles. The first-order chi connectivity index (χ1) is 16.5. The Kier molecular flexibility index (Phi) is 11.1. The summed E-state index contributed by atoms with van der Waals surface area (Å²) in [5.41, 5.74) is 3.03. The van der Waals surface area contributed by atoms with Crippen LogP contribution >= 0.6 is 0 Å². The number of carbonyl (C=O) groups is 2.